The van der Waals surface area contributed by atoms with Gasteiger partial charge in [-0.15, -0.1) is 0 Å². The third kappa shape index (κ3) is 2.13. The first kappa shape index (κ1) is 13.9. The largest absolute Gasteiger partial charge is 0.343 e. The quantitative estimate of drug-likeness (QED) is 0.749. The monoisotopic (exact) mass is 278 g/mol. The summed E-state index contributed by atoms with van der Waals surface area (Å²) in [7, 11) is 0. The SMILES string of the molecule is CC1NC(=O)C2(CCCC2)N(C2CCCCCC2)C1=O. The van der Waals surface area contributed by atoms with E-state index in [9.17, 15) is 9.59 Å². The fraction of sp³-hybridized carbons (Fsp3) is 0.875. The average Bonchev–Trinajstić information content (AvgIpc) is 2.75. The van der Waals surface area contributed by atoms with E-state index in [1.807, 2.05) is 11.8 Å². The maximum atomic E-state index is 12.8. The number of rotatable bonds is 1. The smallest absolute Gasteiger partial charge is 0.246 e. The number of carbonyl (C=O) groups excluding carboxylic acids is 2. The van der Waals surface area contributed by atoms with Crippen molar-refractivity contribution >= 4 is 11.8 Å². The number of piperazine rings is 1. The number of hydrogen-bond donors (Lipinski definition) is 1. The molecule has 1 atom stereocenters. The van der Waals surface area contributed by atoms with Gasteiger partial charge in [0, 0.05) is 6.04 Å². The minimum absolute atomic E-state index is 0.103. The van der Waals surface area contributed by atoms with Gasteiger partial charge in [-0.3, -0.25) is 9.59 Å². The van der Waals surface area contributed by atoms with Crippen molar-refractivity contribution in [3.05, 3.63) is 0 Å². The Kier molecular flexibility index (Phi) is 3.74. The lowest BCUT2D eigenvalue weighted by Crippen LogP contribution is -2.71. The van der Waals surface area contributed by atoms with Gasteiger partial charge in [-0.05, 0) is 32.6 Å². The van der Waals surface area contributed by atoms with Crippen LogP contribution in [0.15, 0.2) is 0 Å². The first-order valence-electron chi connectivity index (χ1n) is 8.29. The molecule has 2 saturated carbocycles. The highest BCUT2D eigenvalue weighted by Gasteiger charge is 2.54. The van der Waals surface area contributed by atoms with Crippen molar-refractivity contribution in [1.82, 2.24) is 10.2 Å². The molecule has 20 heavy (non-hydrogen) atoms. The van der Waals surface area contributed by atoms with Gasteiger partial charge in [0.25, 0.3) is 0 Å². The second-order valence-electron chi connectivity index (χ2n) is 6.79. The number of nitrogens with zero attached hydrogens (tertiary/aromatic N) is 1. The van der Waals surface area contributed by atoms with Crippen LogP contribution in [0.2, 0.25) is 0 Å². The molecule has 0 radical (unpaired) electrons. The molecule has 1 N–H and O–H groups in total. The van der Waals surface area contributed by atoms with E-state index >= 15 is 0 Å². The van der Waals surface area contributed by atoms with Crippen LogP contribution in [-0.4, -0.2) is 34.3 Å². The third-order valence-electron chi connectivity index (χ3n) is 5.46. The van der Waals surface area contributed by atoms with Crippen molar-refractivity contribution < 1.29 is 9.59 Å². The number of amides is 2. The predicted molar refractivity (Wildman–Crippen MR) is 77.1 cm³/mol. The van der Waals surface area contributed by atoms with Crippen LogP contribution >= 0.6 is 0 Å². The normalized spacial score (nSPS) is 31.4. The van der Waals surface area contributed by atoms with Gasteiger partial charge in [0.1, 0.15) is 11.6 Å². The third-order valence-corrected chi connectivity index (χ3v) is 5.46. The van der Waals surface area contributed by atoms with Gasteiger partial charge in [0.2, 0.25) is 11.8 Å². The Morgan fingerprint density at radius 3 is 2.20 bits per heavy atom. The average molecular weight is 278 g/mol. The molecule has 1 heterocycles. The molecule has 0 aromatic heterocycles. The summed E-state index contributed by atoms with van der Waals surface area (Å²) in [4.78, 5) is 27.4. The van der Waals surface area contributed by atoms with Gasteiger partial charge in [-0.1, -0.05) is 38.5 Å². The molecule has 2 aliphatic carbocycles. The Morgan fingerprint density at radius 2 is 1.60 bits per heavy atom. The first-order chi connectivity index (χ1) is 9.65. The highest BCUT2D eigenvalue weighted by atomic mass is 16.2. The summed E-state index contributed by atoms with van der Waals surface area (Å²) in [5.74, 6) is 0.254. The van der Waals surface area contributed by atoms with Gasteiger partial charge in [0.15, 0.2) is 0 Å². The van der Waals surface area contributed by atoms with Gasteiger partial charge >= 0.3 is 0 Å². The Balaban J connectivity index is 1.92. The Labute approximate surface area is 121 Å². The van der Waals surface area contributed by atoms with Crippen LogP contribution in [0.25, 0.3) is 0 Å². The standard InChI is InChI=1S/C16H26N2O2/c1-12-14(19)18(13-8-4-2-3-5-9-13)16(15(20)17-12)10-6-7-11-16/h12-13H,2-11H2,1H3,(H,17,20). The maximum Gasteiger partial charge on any atom is 0.246 e. The second kappa shape index (κ2) is 5.38. The lowest BCUT2D eigenvalue weighted by molar-refractivity contribution is -0.160. The van der Waals surface area contributed by atoms with E-state index in [1.165, 1.54) is 25.7 Å². The Hall–Kier alpha value is -1.06. The van der Waals surface area contributed by atoms with Crippen LogP contribution in [-0.2, 0) is 9.59 Å². The maximum absolute atomic E-state index is 12.8. The van der Waals surface area contributed by atoms with Gasteiger partial charge in [-0.2, -0.15) is 0 Å². The fourth-order valence-corrected chi connectivity index (χ4v) is 4.39. The van der Waals surface area contributed by atoms with Crippen LogP contribution in [0.3, 0.4) is 0 Å². The molecule has 3 aliphatic rings. The molecule has 112 valence electrons. The zero-order valence-electron chi connectivity index (χ0n) is 12.5. The lowest BCUT2D eigenvalue weighted by atomic mass is 9.86. The van der Waals surface area contributed by atoms with Crippen LogP contribution in [0.4, 0.5) is 0 Å². The zero-order chi connectivity index (χ0) is 14.2. The summed E-state index contributed by atoms with van der Waals surface area (Å²) in [6.45, 7) is 1.83. The number of hydrogen-bond acceptors (Lipinski definition) is 2. The van der Waals surface area contributed by atoms with Crippen molar-refractivity contribution in [3.8, 4) is 0 Å². The van der Waals surface area contributed by atoms with Crippen molar-refractivity contribution in [3.63, 3.8) is 0 Å². The van der Waals surface area contributed by atoms with Gasteiger partial charge in [-0.25, -0.2) is 0 Å². The van der Waals surface area contributed by atoms with Crippen LogP contribution < -0.4 is 5.32 Å². The van der Waals surface area contributed by atoms with Crippen LogP contribution in [0.1, 0.15) is 71.1 Å². The van der Waals surface area contributed by atoms with E-state index in [0.29, 0.717) is 0 Å². The van der Waals surface area contributed by atoms with Gasteiger partial charge < -0.3 is 10.2 Å². The molecule has 1 unspecified atom stereocenters. The van der Waals surface area contributed by atoms with E-state index < -0.39 is 5.54 Å². The predicted octanol–water partition coefficient (Wildman–Crippen LogP) is 2.37. The molecule has 3 fully saturated rings. The topological polar surface area (TPSA) is 49.4 Å². The van der Waals surface area contributed by atoms with Crippen molar-refractivity contribution in [2.24, 2.45) is 0 Å². The summed E-state index contributed by atoms with van der Waals surface area (Å²) in [5, 5.41) is 2.92. The highest BCUT2D eigenvalue weighted by Crippen LogP contribution is 2.41. The Bertz CT molecular complexity index is 393. The highest BCUT2D eigenvalue weighted by molar-refractivity contribution is 6.00. The molecule has 1 saturated heterocycles. The van der Waals surface area contributed by atoms with E-state index in [1.54, 1.807) is 0 Å². The first-order valence-corrected chi connectivity index (χ1v) is 8.29. The molecule has 0 aromatic carbocycles. The van der Waals surface area contributed by atoms with E-state index in [0.717, 1.165) is 38.5 Å². The molecular formula is C16H26N2O2. The van der Waals surface area contributed by atoms with Crippen molar-refractivity contribution in [1.29, 1.82) is 0 Å². The molecule has 0 aromatic rings. The summed E-state index contributed by atoms with van der Waals surface area (Å²) in [6, 6.07) is -0.0615. The Morgan fingerprint density at radius 1 is 1.00 bits per heavy atom. The van der Waals surface area contributed by atoms with Crippen molar-refractivity contribution in [2.75, 3.05) is 0 Å². The number of nitrogens with one attached hydrogen (secondary N) is 1. The summed E-state index contributed by atoms with van der Waals surface area (Å²) in [5.41, 5.74) is -0.515. The molecule has 2 amide bonds. The number of carbonyl (C=O) groups is 2. The molecule has 0 bridgehead atoms. The summed E-state index contributed by atoms with van der Waals surface area (Å²) >= 11 is 0. The minimum atomic E-state index is -0.515. The molecule has 1 spiro atoms. The fourth-order valence-electron chi connectivity index (χ4n) is 4.39. The molecular weight excluding hydrogens is 252 g/mol. The molecule has 3 rings (SSSR count). The summed E-state index contributed by atoms with van der Waals surface area (Å²) < 4.78 is 0. The zero-order valence-corrected chi connectivity index (χ0v) is 12.5. The van der Waals surface area contributed by atoms with E-state index in [-0.39, 0.29) is 23.9 Å². The lowest BCUT2D eigenvalue weighted by Gasteiger charge is -2.49. The van der Waals surface area contributed by atoms with Crippen molar-refractivity contribution in [2.45, 2.75) is 88.8 Å². The molecule has 4 nitrogen and oxygen atoms in total. The molecule has 1 aliphatic heterocycles. The second-order valence-corrected chi connectivity index (χ2v) is 6.79. The summed E-state index contributed by atoms with van der Waals surface area (Å²) in [6.07, 6.45) is 10.9. The van der Waals surface area contributed by atoms with Gasteiger partial charge in [0.05, 0.1) is 0 Å². The van der Waals surface area contributed by atoms with Crippen LogP contribution in [0, 0.1) is 0 Å². The van der Waals surface area contributed by atoms with E-state index in [4.69, 9.17) is 0 Å². The van der Waals surface area contributed by atoms with E-state index in [2.05, 4.69) is 5.32 Å². The molecule has 4 heteroatoms. The minimum Gasteiger partial charge on any atom is -0.343 e. The van der Waals surface area contributed by atoms with Crippen LogP contribution in [0.5, 0.6) is 0 Å².